The number of nitrogens with zero attached hydrogens (tertiary/aromatic N) is 1. The fraction of sp³-hybridized carbons (Fsp3) is 0.458. The number of rotatable bonds is 10. The van der Waals surface area contributed by atoms with Crippen LogP contribution in [0.5, 0.6) is 5.75 Å². The van der Waals surface area contributed by atoms with Crippen molar-refractivity contribution in [1.29, 1.82) is 0 Å². The van der Waals surface area contributed by atoms with Crippen LogP contribution in [0, 0.1) is 0 Å². The van der Waals surface area contributed by atoms with E-state index < -0.39 is 5.97 Å². The minimum absolute atomic E-state index is 0.000986. The van der Waals surface area contributed by atoms with E-state index in [1.165, 1.54) is 24.6 Å². The Morgan fingerprint density at radius 1 is 1.29 bits per heavy atom. The van der Waals surface area contributed by atoms with Gasteiger partial charge in [0.1, 0.15) is 5.75 Å². The minimum Gasteiger partial charge on any atom is -0.496 e. The van der Waals surface area contributed by atoms with Crippen LogP contribution in [0.15, 0.2) is 47.4 Å². The van der Waals surface area contributed by atoms with Crippen LogP contribution in [-0.4, -0.2) is 36.0 Å². The lowest BCUT2D eigenvalue weighted by molar-refractivity contribution is -0.133. The zero-order valence-electron chi connectivity index (χ0n) is 18.5. The molecule has 5 nitrogen and oxygen atoms in total. The van der Waals surface area contributed by atoms with Gasteiger partial charge >= 0.3 is 5.97 Å². The Morgan fingerprint density at radius 3 is 2.71 bits per heavy atom. The topological polar surface area (TPSA) is 61.8 Å². The van der Waals surface area contributed by atoms with Gasteiger partial charge in [-0.3, -0.25) is 9.52 Å². The lowest BCUT2D eigenvalue weighted by Crippen LogP contribution is -2.48. The molecule has 2 aromatic rings. The van der Waals surface area contributed by atoms with Gasteiger partial charge in [-0.2, -0.15) is 0 Å². The molecule has 1 aliphatic heterocycles. The molecule has 1 aliphatic rings. The minimum atomic E-state index is -0.798. The second-order valence-electron chi connectivity index (χ2n) is 7.88. The summed E-state index contributed by atoms with van der Waals surface area (Å²) in [7, 11) is 1.68. The third-order valence-corrected chi connectivity index (χ3v) is 7.78. The van der Waals surface area contributed by atoms with Gasteiger partial charge in [-0.15, -0.1) is 11.8 Å². The predicted octanol–water partition coefficient (Wildman–Crippen LogP) is 6.10. The third kappa shape index (κ3) is 5.90. The van der Waals surface area contributed by atoms with Crippen LogP contribution in [-0.2, 0) is 10.5 Å². The first-order chi connectivity index (χ1) is 15.0. The first-order valence-electron chi connectivity index (χ1n) is 10.8. The maximum atomic E-state index is 10.9. The van der Waals surface area contributed by atoms with Crippen molar-refractivity contribution in [3.05, 3.63) is 48.0 Å². The van der Waals surface area contributed by atoms with Crippen molar-refractivity contribution in [2.75, 3.05) is 24.3 Å². The van der Waals surface area contributed by atoms with Crippen LogP contribution in [0.25, 0.3) is 0 Å². The molecule has 2 N–H and O–H groups in total. The van der Waals surface area contributed by atoms with E-state index in [1.54, 1.807) is 19.1 Å². The molecular formula is C24H32N2O3S2. The van der Waals surface area contributed by atoms with Crippen LogP contribution in [0.1, 0.15) is 45.1 Å². The molecule has 31 heavy (non-hydrogen) atoms. The van der Waals surface area contributed by atoms with Crippen molar-refractivity contribution >= 4 is 41.1 Å². The van der Waals surface area contributed by atoms with Gasteiger partial charge in [-0.1, -0.05) is 44.9 Å². The highest BCUT2D eigenvalue weighted by atomic mass is 32.2. The number of benzene rings is 2. The number of carboxylic acids is 1. The number of carbonyl (C=O) groups is 1. The number of methoxy groups -OCH3 is 1. The Bertz CT molecular complexity index is 879. The molecule has 0 saturated heterocycles. The number of thioether (sulfide) groups is 1. The zero-order valence-corrected chi connectivity index (χ0v) is 20.2. The Morgan fingerprint density at radius 2 is 2.06 bits per heavy atom. The number of ether oxygens (including phenoxy) is 1. The van der Waals surface area contributed by atoms with E-state index >= 15 is 0 Å². The molecule has 0 bridgehead atoms. The molecule has 2 aromatic carbocycles. The normalized spacial score (nSPS) is 18.4. The zero-order chi connectivity index (χ0) is 22.3. The van der Waals surface area contributed by atoms with Crippen molar-refractivity contribution in [2.45, 2.75) is 55.7 Å². The molecule has 168 valence electrons. The van der Waals surface area contributed by atoms with Gasteiger partial charge in [0.2, 0.25) is 0 Å². The maximum Gasteiger partial charge on any atom is 0.313 e. The van der Waals surface area contributed by atoms with Crippen LogP contribution in [0.4, 0.5) is 11.4 Å². The largest absolute Gasteiger partial charge is 0.496 e. The van der Waals surface area contributed by atoms with E-state index in [9.17, 15) is 4.79 Å². The number of nitrogens with one attached hydrogen (secondary N) is 1. The van der Waals surface area contributed by atoms with E-state index in [1.807, 2.05) is 6.07 Å². The summed E-state index contributed by atoms with van der Waals surface area (Å²) in [6.07, 6.45) is 4.50. The van der Waals surface area contributed by atoms with Crippen LogP contribution < -0.4 is 14.4 Å². The number of carboxylic acid groups (broad SMARTS) is 1. The lowest BCUT2D eigenvalue weighted by Gasteiger charge is -2.37. The van der Waals surface area contributed by atoms with Gasteiger partial charge < -0.3 is 14.7 Å². The van der Waals surface area contributed by atoms with Gasteiger partial charge in [0.25, 0.3) is 0 Å². The Kier molecular flexibility index (Phi) is 8.58. The van der Waals surface area contributed by atoms with Crippen molar-refractivity contribution in [3.8, 4) is 5.75 Å². The number of hydrogen-bond donors (Lipinski definition) is 2. The summed E-state index contributed by atoms with van der Waals surface area (Å²) >= 11 is 3.08. The molecule has 0 saturated carbocycles. The summed E-state index contributed by atoms with van der Waals surface area (Å²) in [5.74, 6) is 0.686. The number of para-hydroxylation sites is 1. The predicted molar refractivity (Wildman–Crippen MR) is 132 cm³/mol. The summed E-state index contributed by atoms with van der Waals surface area (Å²) < 4.78 is 9.53. The third-order valence-electron chi connectivity index (χ3n) is 5.73. The van der Waals surface area contributed by atoms with Gasteiger partial charge in [0, 0.05) is 40.0 Å². The summed E-state index contributed by atoms with van der Waals surface area (Å²) in [5.41, 5.74) is 3.31. The number of fused-ring (bicyclic) bond motifs is 1. The highest BCUT2D eigenvalue weighted by Gasteiger charge is 2.35. The molecule has 1 heterocycles. The second kappa shape index (κ2) is 11.2. The summed E-state index contributed by atoms with van der Waals surface area (Å²) in [6, 6.07) is 14.8. The van der Waals surface area contributed by atoms with Gasteiger partial charge in [-0.25, -0.2) is 0 Å². The molecule has 7 heteroatoms. The van der Waals surface area contributed by atoms with Crippen LogP contribution >= 0.6 is 23.7 Å². The lowest BCUT2D eigenvalue weighted by atomic mass is 9.89. The molecule has 0 aliphatic carbocycles. The van der Waals surface area contributed by atoms with Crippen molar-refractivity contribution < 1.29 is 14.6 Å². The average molecular weight is 461 g/mol. The molecule has 3 rings (SSSR count). The standard InChI is InChI=1S/C24H32N2O3S2/c1-4-6-12-24(5-2)17-26(19-10-8-7-9-11-19)20-14-21(29-3)18(13-22(20)31-25-24)15-30-16-23(27)28/h7-11,13-14,25H,4-6,12,15-17H2,1-3H3,(H,27,28). The van der Waals surface area contributed by atoms with Crippen molar-refractivity contribution in [3.63, 3.8) is 0 Å². The van der Waals surface area contributed by atoms with Gasteiger partial charge in [0.05, 0.1) is 18.6 Å². The second-order valence-corrected chi connectivity index (χ2v) is 9.72. The molecule has 0 aromatic heterocycles. The van der Waals surface area contributed by atoms with Crippen molar-refractivity contribution in [2.24, 2.45) is 0 Å². The molecule has 1 unspecified atom stereocenters. The summed E-state index contributed by atoms with van der Waals surface area (Å²) in [4.78, 5) is 14.5. The monoisotopic (exact) mass is 460 g/mol. The average Bonchev–Trinajstić information content (AvgIpc) is 2.95. The number of aliphatic carboxylic acids is 1. The number of anilines is 2. The molecule has 0 amide bonds. The van der Waals surface area contributed by atoms with E-state index in [2.05, 4.69) is 59.9 Å². The molecule has 0 radical (unpaired) electrons. The van der Waals surface area contributed by atoms with E-state index in [4.69, 9.17) is 9.84 Å². The molecule has 1 atom stereocenters. The smallest absolute Gasteiger partial charge is 0.313 e. The van der Waals surface area contributed by atoms with Gasteiger partial charge in [0.15, 0.2) is 0 Å². The van der Waals surface area contributed by atoms with Gasteiger partial charge in [-0.05, 0) is 43.0 Å². The van der Waals surface area contributed by atoms with E-state index in [0.29, 0.717) is 5.75 Å². The summed E-state index contributed by atoms with van der Waals surface area (Å²) in [6.45, 7) is 5.38. The SMILES string of the molecule is CCCCC1(CC)CN(c2ccccc2)c2cc(OC)c(CSCC(=O)O)cc2SN1. The number of unbranched alkanes of at least 4 members (excludes halogenated alkanes) is 1. The maximum absolute atomic E-state index is 10.9. The number of hydrogen-bond acceptors (Lipinski definition) is 6. The first kappa shape index (κ1) is 23.8. The Hall–Kier alpha value is -1.83. The first-order valence-corrected chi connectivity index (χ1v) is 12.8. The molecule has 0 spiro atoms. The molecule has 0 fully saturated rings. The fourth-order valence-corrected chi connectivity index (χ4v) is 5.70. The van der Waals surface area contributed by atoms with E-state index in [-0.39, 0.29) is 11.3 Å². The highest BCUT2D eigenvalue weighted by Crippen LogP contribution is 2.44. The Labute approximate surface area is 194 Å². The highest BCUT2D eigenvalue weighted by molar-refractivity contribution is 7.99. The quantitative estimate of drug-likeness (QED) is 0.415. The molecular weight excluding hydrogens is 428 g/mol. The Balaban J connectivity index is 2.03. The summed E-state index contributed by atoms with van der Waals surface area (Å²) in [5, 5.41) is 8.99. The van der Waals surface area contributed by atoms with Crippen molar-refractivity contribution in [1.82, 2.24) is 4.72 Å². The van der Waals surface area contributed by atoms with Crippen LogP contribution in [0.2, 0.25) is 0 Å². The van der Waals surface area contributed by atoms with E-state index in [0.717, 1.165) is 47.0 Å². The van der Waals surface area contributed by atoms with Crippen LogP contribution in [0.3, 0.4) is 0 Å². The fourth-order valence-electron chi connectivity index (χ4n) is 3.86.